The van der Waals surface area contributed by atoms with Gasteiger partial charge < -0.3 is 15.5 Å². The number of anilines is 1. The van der Waals surface area contributed by atoms with Gasteiger partial charge in [0.2, 0.25) is 0 Å². The first-order valence-corrected chi connectivity index (χ1v) is 9.59. The Bertz CT molecular complexity index is 771. The summed E-state index contributed by atoms with van der Waals surface area (Å²) in [6.07, 6.45) is 2.40. The summed E-state index contributed by atoms with van der Waals surface area (Å²) in [6, 6.07) is 6.77. The van der Waals surface area contributed by atoms with Crippen LogP contribution < -0.4 is 15.5 Å². The van der Waals surface area contributed by atoms with Gasteiger partial charge in [0.05, 0.1) is 17.2 Å². The van der Waals surface area contributed by atoms with Gasteiger partial charge in [-0.2, -0.15) is 0 Å². The van der Waals surface area contributed by atoms with Crippen LogP contribution in [0.5, 0.6) is 0 Å². The van der Waals surface area contributed by atoms with Crippen molar-refractivity contribution < 1.29 is 0 Å². The molecule has 0 fully saturated rings. The lowest BCUT2D eigenvalue weighted by molar-refractivity contribution is 0.740. The largest absolute Gasteiger partial charge is 0.374 e. The van der Waals surface area contributed by atoms with E-state index in [-0.39, 0.29) is 24.0 Å². The molecule has 0 bridgehead atoms. The number of hydrogen-bond donors (Lipinski definition) is 2. The van der Waals surface area contributed by atoms with Crippen LogP contribution in [-0.4, -0.2) is 31.6 Å². The number of halogens is 1. The van der Waals surface area contributed by atoms with Crippen molar-refractivity contribution in [2.75, 3.05) is 25.5 Å². The molecule has 0 spiro atoms. The quantitative estimate of drug-likeness (QED) is 0.395. The van der Waals surface area contributed by atoms with Crippen LogP contribution in [0.25, 0.3) is 0 Å². The number of guanidine groups is 1. The second kappa shape index (κ2) is 9.55. The van der Waals surface area contributed by atoms with E-state index in [1.54, 1.807) is 11.3 Å². The molecule has 1 aliphatic heterocycles. The molecule has 2 heterocycles. The minimum atomic E-state index is 0. The highest BCUT2D eigenvalue weighted by molar-refractivity contribution is 14.0. The number of benzene rings is 1. The van der Waals surface area contributed by atoms with Crippen LogP contribution >= 0.6 is 35.3 Å². The molecular formula is C19H28IN5S. The monoisotopic (exact) mass is 485 g/mol. The van der Waals surface area contributed by atoms with Crippen LogP contribution in [0.1, 0.15) is 33.1 Å². The minimum absolute atomic E-state index is 0. The van der Waals surface area contributed by atoms with Gasteiger partial charge in [0.1, 0.15) is 0 Å². The van der Waals surface area contributed by atoms with E-state index in [4.69, 9.17) is 0 Å². The molecule has 7 heteroatoms. The first-order valence-electron chi connectivity index (χ1n) is 8.77. The fourth-order valence-electron chi connectivity index (χ4n) is 3.26. The number of rotatable bonds is 4. The van der Waals surface area contributed by atoms with Crippen LogP contribution in [0.4, 0.5) is 5.69 Å². The first-order chi connectivity index (χ1) is 12.1. The maximum atomic E-state index is 4.47. The van der Waals surface area contributed by atoms with Gasteiger partial charge in [0.25, 0.3) is 0 Å². The third kappa shape index (κ3) is 5.09. The van der Waals surface area contributed by atoms with Gasteiger partial charge in [0.15, 0.2) is 5.96 Å². The summed E-state index contributed by atoms with van der Waals surface area (Å²) in [6.45, 7) is 6.78. The highest BCUT2D eigenvalue weighted by Gasteiger charge is 2.13. The Kier molecular flexibility index (Phi) is 7.69. The zero-order valence-corrected chi connectivity index (χ0v) is 19.1. The Morgan fingerprint density at radius 1 is 1.27 bits per heavy atom. The number of hydrogen-bond acceptors (Lipinski definition) is 4. The maximum absolute atomic E-state index is 4.47. The van der Waals surface area contributed by atoms with Gasteiger partial charge in [-0.25, -0.2) is 4.98 Å². The van der Waals surface area contributed by atoms with Gasteiger partial charge >= 0.3 is 0 Å². The summed E-state index contributed by atoms with van der Waals surface area (Å²) in [4.78, 5) is 12.4. The van der Waals surface area contributed by atoms with Gasteiger partial charge in [-0.1, -0.05) is 12.1 Å². The van der Waals surface area contributed by atoms with Crippen LogP contribution in [0.2, 0.25) is 0 Å². The van der Waals surface area contributed by atoms with Gasteiger partial charge in [0, 0.05) is 37.7 Å². The summed E-state index contributed by atoms with van der Waals surface area (Å²) in [5.41, 5.74) is 5.21. The second-order valence-electron chi connectivity index (χ2n) is 6.51. The lowest BCUT2D eigenvalue weighted by Crippen LogP contribution is -2.36. The molecule has 1 aliphatic rings. The van der Waals surface area contributed by atoms with Crippen molar-refractivity contribution in [2.45, 2.75) is 39.8 Å². The fraction of sp³-hybridized carbons (Fsp3) is 0.474. The van der Waals surface area contributed by atoms with Crippen molar-refractivity contribution in [2.24, 2.45) is 4.99 Å². The second-order valence-corrected chi connectivity index (χ2v) is 7.80. The normalized spacial score (nSPS) is 13.8. The predicted octanol–water partition coefficient (Wildman–Crippen LogP) is 3.63. The fourth-order valence-corrected chi connectivity index (χ4v) is 4.13. The molecule has 26 heavy (non-hydrogen) atoms. The Morgan fingerprint density at radius 2 is 2.04 bits per heavy atom. The van der Waals surface area contributed by atoms with Gasteiger partial charge in [-0.15, -0.1) is 35.3 Å². The molecule has 5 nitrogen and oxygen atoms in total. The molecule has 2 N–H and O–H groups in total. The molecule has 0 atom stereocenters. The van der Waals surface area contributed by atoms with Crippen molar-refractivity contribution in [3.8, 4) is 0 Å². The van der Waals surface area contributed by atoms with E-state index in [1.807, 2.05) is 14.0 Å². The maximum Gasteiger partial charge on any atom is 0.191 e. The van der Waals surface area contributed by atoms with Crippen molar-refractivity contribution in [3.05, 3.63) is 44.9 Å². The molecule has 0 amide bonds. The zero-order valence-electron chi connectivity index (χ0n) is 15.9. The molecule has 142 valence electrons. The van der Waals surface area contributed by atoms with E-state index in [2.05, 4.69) is 57.7 Å². The standard InChI is InChI=1S/C19H27N5S.HI/c1-13-18(25-14(2)23-13)12-22-19(20-3)21-11-15-7-8-17-16(10-15)6-5-9-24(17)4;/h7-8,10H,5-6,9,11-12H2,1-4H3,(H2,20,21,22);1H. The topological polar surface area (TPSA) is 52.6 Å². The van der Waals surface area contributed by atoms with E-state index < -0.39 is 0 Å². The molecule has 0 radical (unpaired) electrons. The van der Waals surface area contributed by atoms with Crippen molar-refractivity contribution >= 4 is 47.0 Å². The van der Waals surface area contributed by atoms with E-state index >= 15 is 0 Å². The number of aryl methyl sites for hydroxylation is 3. The number of nitrogens with zero attached hydrogens (tertiary/aromatic N) is 3. The Balaban J connectivity index is 0.00000243. The van der Waals surface area contributed by atoms with E-state index in [1.165, 1.54) is 34.5 Å². The van der Waals surface area contributed by atoms with Crippen LogP contribution in [-0.2, 0) is 19.5 Å². The average molecular weight is 485 g/mol. The van der Waals surface area contributed by atoms with Gasteiger partial charge in [-0.3, -0.25) is 4.99 Å². The summed E-state index contributed by atoms with van der Waals surface area (Å²) in [7, 11) is 3.98. The lowest BCUT2D eigenvalue weighted by Gasteiger charge is -2.28. The molecule has 0 aliphatic carbocycles. The summed E-state index contributed by atoms with van der Waals surface area (Å²) < 4.78 is 0. The summed E-state index contributed by atoms with van der Waals surface area (Å²) >= 11 is 1.74. The van der Waals surface area contributed by atoms with E-state index in [0.29, 0.717) is 0 Å². The third-order valence-corrected chi connectivity index (χ3v) is 5.67. The number of nitrogens with one attached hydrogen (secondary N) is 2. The van der Waals surface area contributed by atoms with Gasteiger partial charge in [-0.05, 0) is 43.9 Å². The number of thiazole rings is 1. The third-order valence-electron chi connectivity index (χ3n) is 4.59. The highest BCUT2D eigenvalue weighted by Crippen LogP contribution is 2.26. The van der Waals surface area contributed by atoms with Crippen molar-refractivity contribution in [1.82, 2.24) is 15.6 Å². The number of aromatic nitrogens is 1. The SMILES string of the molecule is CN=C(NCc1ccc2c(c1)CCCN2C)NCc1sc(C)nc1C.I. The Labute approximate surface area is 177 Å². The molecule has 0 saturated carbocycles. The summed E-state index contributed by atoms with van der Waals surface area (Å²) in [5.74, 6) is 0.820. The molecular weight excluding hydrogens is 457 g/mol. The van der Waals surface area contributed by atoms with Crippen LogP contribution in [0.3, 0.4) is 0 Å². The lowest BCUT2D eigenvalue weighted by atomic mass is 9.99. The number of fused-ring (bicyclic) bond motifs is 1. The first kappa shape index (κ1) is 21.0. The van der Waals surface area contributed by atoms with Crippen molar-refractivity contribution in [1.29, 1.82) is 0 Å². The minimum Gasteiger partial charge on any atom is -0.374 e. The molecule has 3 rings (SSSR count). The molecule has 1 aromatic heterocycles. The zero-order chi connectivity index (χ0) is 17.8. The molecule has 0 unspecified atom stereocenters. The Hall–Kier alpha value is -1.35. The van der Waals surface area contributed by atoms with E-state index in [9.17, 15) is 0 Å². The Morgan fingerprint density at radius 3 is 2.73 bits per heavy atom. The smallest absolute Gasteiger partial charge is 0.191 e. The van der Waals surface area contributed by atoms with Crippen LogP contribution in [0, 0.1) is 13.8 Å². The molecule has 2 aromatic rings. The number of aliphatic imine (C=N–C) groups is 1. The molecule has 0 saturated heterocycles. The van der Waals surface area contributed by atoms with E-state index in [0.717, 1.165) is 36.3 Å². The summed E-state index contributed by atoms with van der Waals surface area (Å²) in [5, 5.41) is 7.90. The average Bonchev–Trinajstić information content (AvgIpc) is 2.92. The predicted molar refractivity (Wildman–Crippen MR) is 122 cm³/mol. The molecule has 1 aromatic carbocycles. The van der Waals surface area contributed by atoms with Crippen LogP contribution in [0.15, 0.2) is 23.2 Å². The highest BCUT2D eigenvalue weighted by atomic mass is 127. The van der Waals surface area contributed by atoms with Crippen molar-refractivity contribution in [3.63, 3.8) is 0 Å².